The van der Waals surface area contributed by atoms with Gasteiger partial charge in [0.1, 0.15) is 0 Å². The fourth-order valence-corrected chi connectivity index (χ4v) is 1.08. The maximum absolute atomic E-state index is 4.17. The van der Waals surface area contributed by atoms with Gasteiger partial charge < -0.3 is 0 Å². The molecule has 0 bridgehead atoms. The van der Waals surface area contributed by atoms with E-state index in [4.69, 9.17) is 0 Å². The van der Waals surface area contributed by atoms with Gasteiger partial charge in [0.2, 0.25) is 0 Å². The molecule has 0 saturated carbocycles. The van der Waals surface area contributed by atoms with Crippen LogP contribution in [0.4, 0.5) is 0 Å². The molecule has 0 N–H and O–H groups in total. The number of hydrogen-bond donors (Lipinski definition) is 1. The van der Waals surface area contributed by atoms with E-state index in [1.165, 1.54) is 12.8 Å². The molecule has 0 spiro atoms. The van der Waals surface area contributed by atoms with E-state index in [0.717, 1.165) is 5.75 Å². The Morgan fingerprint density at radius 1 is 1.38 bits per heavy atom. The van der Waals surface area contributed by atoms with E-state index in [1.54, 1.807) is 0 Å². The van der Waals surface area contributed by atoms with E-state index in [1.807, 2.05) is 0 Å². The third kappa shape index (κ3) is 3.36. The third-order valence-electron chi connectivity index (χ3n) is 1.75. The second kappa shape index (κ2) is 3.39. The fourth-order valence-electron chi connectivity index (χ4n) is 0.479. The molecule has 0 atom stereocenters. The summed E-state index contributed by atoms with van der Waals surface area (Å²) in [5.41, 5.74) is 0.516. The largest absolute Gasteiger partial charge is 0.179 e. The summed E-state index contributed by atoms with van der Waals surface area (Å²) in [7, 11) is 0. The monoisotopic (exact) mass is 132 g/mol. The van der Waals surface area contributed by atoms with Gasteiger partial charge in [0.25, 0.3) is 0 Å². The van der Waals surface area contributed by atoms with Crippen LogP contribution in [0.2, 0.25) is 0 Å². The lowest BCUT2D eigenvalue weighted by molar-refractivity contribution is 0.341. The predicted molar refractivity (Wildman–Crippen MR) is 42.5 cm³/mol. The highest BCUT2D eigenvalue weighted by Crippen LogP contribution is 2.24. The summed E-state index contributed by atoms with van der Waals surface area (Å²) in [5.74, 6) is 1.01. The Bertz CT molecular complexity index is 57.4. The first-order chi connectivity index (χ1) is 3.62. The minimum Gasteiger partial charge on any atom is -0.179 e. The summed E-state index contributed by atoms with van der Waals surface area (Å²) in [6, 6.07) is 0. The molecule has 0 heterocycles. The summed E-state index contributed by atoms with van der Waals surface area (Å²) in [5, 5.41) is 0. The van der Waals surface area contributed by atoms with Crippen LogP contribution in [0.15, 0.2) is 0 Å². The minimum absolute atomic E-state index is 0.516. The van der Waals surface area contributed by atoms with Crippen molar-refractivity contribution in [2.75, 3.05) is 5.75 Å². The summed E-state index contributed by atoms with van der Waals surface area (Å²) in [6.07, 6.45) is 2.49. The van der Waals surface area contributed by atoms with Gasteiger partial charge in [0.15, 0.2) is 0 Å². The van der Waals surface area contributed by atoms with Gasteiger partial charge in [-0.25, -0.2) is 0 Å². The molecule has 0 amide bonds. The molecule has 0 saturated heterocycles. The van der Waals surface area contributed by atoms with Crippen molar-refractivity contribution in [2.45, 2.75) is 33.6 Å². The molecule has 0 aliphatic carbocycles. The highest BCUT2D eigenvalue weighted by atomic mass is 32.1. The zero-order valence-corrected chi connectivity index (χ0v) is 6.96. The molecule has 8 heavy (non-hydrogen) atoms. The van der Waals surface area contributed by atoms with Gasteiger partial charge in [-0.05, 0) is 17.6 Å². The zero-order valence-electron chi connectivity index (χ0n) is 6.07. The lowest BCUT2D eigenvalue weighted by Gasteiger charge is -2.20. The maximum Gasteiger partial charge on any atom is -0.00928 e. The van der Waals surface area contributed by atoms with Crippen LogP contribution in [0.5, 0.6) is 0 Å². The molecule has 0 aromatic heterocycles. The Labute approximate surface area is 58.1 Å². The van der Waals surface area contributed by atoms with Gasteiger partial charge in [-0.15, -0.1) is 0 Å². The Morgan fingerprint density at radius 3 is 2.00 bits per heavy atom. The predicted octanol–water partition coefficient (Wildman–Crippen LogP) is 2.74. The first-order valence-electron chi connectivity index (χ1n) is 3.23. The van der Waals surface area contributed by atoms with Crippen molar-refractivity contribution in [3.05, 3.63) is 0 Å². The average Bonchev–Trinajstić information content (AvgIpc) is 1.67. The Kier molecular flexibility index (Phi) is 3.54. The van der Waals surface area contributed by atoms with Gasteiger partial charge in [-0.2, -0.15) is 12.6 Å². The van der Waals surface area contributed by atoms with Crippen LogP contribution in [-0.2, 0) is 0 Å². The third-order valence-corrected chi connectivity index (χ3v) is 1.97. The molecule has 0 nitrogen and oxygen atoms in total. The second-order valence-corrected chi connectivity index (χ2v) is 3.44. The minimum atomic E-state index is 0.516. The summed E-state index contributed by atoms with van der Waals surface area (Å²) >= 11 is 4.17. The van der Waals surface area contributed by atoms with Crippen LogP contribution in [0, 0.1) is 5.41 Å². The number of thiol groups is 1. The Hall–Kier alpha value is 0.350. The van der Waals surface area contributed by atoms with Gasteiger partial charge in [0, 0.05) is 0 Å². The molecular formula is C7H16S. The lowest BCUT2D eigenvalue weighted by Crippen LogP contribution is -2.09. The smallest absolute Gasteiger partial charge is 0.00928 e. The molecule has 0 aliphatic rings. The average molecular weight is 132 g/mol. The van der Waals surface area contributed by atoms with Gasteiger partial charge in [-0.1, -0.05) is 27.2 Å². The molecule has 1 heteroatoms. The Balaban J connectivity index is 3.37. The van der Waals surface area contributed by atoms with Crippen molar-refractivity contribution < 1.29 is 0 Å². The first kappa shape index (κ1) is 8.35. The SMILES string of the molecule is CCC(C)(C)CCS. The topological polar surface area (TPSA) is 0 Å². The molecule has 0 unspecified atom stereocenters. The summed E-state index contributed by atoms with van der Waals surface area (Å²) in [4.78, 5) is 0. The maximum atomic E-state index is 4.17. The van der Waals surface area contributed by atoms with Crippen molar-refractivity contribution in [3.63, 3.8) is 0 Å². The quantitative estimate of drug-likeness (QED) is 0.561. The van der Waals surface area contributed by atoms with Crippen LogP contribution in [0.1, 0.15) is 33.6 Å². The second-order valence-electron chi connectivity index (χ2n) is 2.99. The van der Waals surface area contributed by atoms with Crippen LogP contribution in [-0.4, -0.2) is 5.75 Å². The number of rotatable bonds is 3. The van der Waals surface area contributed by atoms with Crippen molar-refractivity contribution in [3.8, 4) is 0 Å². The van der Waals surface area contributed by atoms with Crippen molar-refractivity contribution >= 4 is 12.6 Å². The van der Waals surface area contributed by atoms with Crippen molar-refractivity contribution in [1.29, 1.82) is 0 Å². The molecule has 0 aliphatic heterocycles. The lowest BCUT2D eigenvalue weighted by atomic mass is 9.87. The Morgan fingerprint density at radius 2 is 1.88 bits per heavy atom. The van der Waals surface area contributed by atoms with E-state index in [-0.39, 0.29) is 0 Å². The van der Waals surface area contributed by atoms with Crippen LogP contribution in [0.25, 0.3) is 0 Å². The molecule has 0 aromatic rings. The standard InChI is InChI=1S/C7H16S/c1-4-7(2,3)5-6-8/h8H,4-6H2,1-3H3. The molecule has 0 fully saturated rings. The normalized spacial score (nSPS) is 12.0. The van der Waals surface area contributed by atoms with Gasteiger partial charge in [-0.3, -0.25) is 0 Å². The highest BCUT2D eigenvalue weighted by Gasteiger charge is 2.12. The molecule has 0 radical (unpaired) electrons. The molecule has 0 aromatic carbocycles. The fraction of sp³-hybridized carbons (Fsp3) is 1.00. The summed E-state index contributed by atoms with van der Waals surface area (Å²) < 4.78 is 0. The zero-order chi connectivity index (χ0) is 6.62. The van der Waals surface area contributed by atoms with Gasteiger partial charge >= 0.3 is 0 Å². The van der Waals surface area contributed by atoms with Crippen LogP contribution in [0.3, 0.4) is 0 Å². The van der Waals surface area contributed by atoms with Crippen molar-refractivity contribution in [1.82, 2.24) is 0 Å². The van der Waals surface area contributed by atoms with E-state index >= 15 is 0 Å². The molecular weight excluding hydrogens is 116 g/mol. The number of hydrogen-bond acceptors (Lipinski definition) is 1. The van der Waals surface area contributed by atoms with E-state index in [9.17, 15) is 0 Å². The summed E-state index contributed by atoms with van der Waals surface area (Å²) in [6.45, 7) is 6.79. The van der Waals surface area contributed by atoms with Gasteiger partial charge in [0.05, 0.1) is 0 Å². The molecule has 50 valence electrons. The van der Waals surface area contributed by atoms with Crippen LogP contribution >= 0.6 is 12.6 Å². The van der Waals surface area contributed by atoms with E-state index in [2.05, 4.69) is 33.4 Å². The van der Waals surface area contributed by atoms with Crippen molar-refractivity contribution in [2.24, 2.45) is 5.41 Å². The highest BCUT2D eigenvalue weighted by molar-refractivity contribution is 7.80. The first-order valence-corrected chi connectivity index (χ1v) is 3.86. The van der Waals surface area contributed by atoms with E-state index in [0.29, 0.717) is 5.41 Å². The molecule has 0 rings (SSSR count). The van der Waals surface area contributed by atoms with E-state index < -0.39 is 0 Å². The van der Waals surface area contributed by atoms with Crippen LogP contribution < -0.4 is 0 Å².